The highest BCUT2D eigenvalue weighted by Crippen LogP contribution is 2.14. The van der Waals surface area contributed by atoms with E-state index < -0.39 is 17.9 Å². The van der Waals surface area contributed by atoms with Crippen LogP contribution in [-0.4, -0.2) is 43.6 Å². The molecular formula is C11H11N5O3. The molecule has 0 saturated heterocycles. The first-order valence-corrected chi connectivity index (χ1v) is 5.45. The Bertz CT molecular complexity index is 596. The Morgan fingerprint density at radius 2 is 2.21 bits per heavy atom. The van der Waals surface area contributed by atoms with Gasteiger partial charge in [0.05, 0.1) is 0 Å². The van der Waals surface area contributed by atoms with Crippen molar-refractivity contribution in [3.05, 3.63) is 29.8 Å². The molecule has 1 aromatic carbocycles. The summed E-state index contributed by atoms with van der Waals surface area (Å²) in [7, 11) is 0. The Hall–Kier alpha value is -2.77. The summed E-state index contributed by atoms with van der Waals surface area (Å²) < 4.78 is 0. The van der Waals surface area contributed by atoms with E-state index in [1.54, 1.807) is 24.3 Å². The molecule has 1 unspecified atom stereocenters. The van der Waals surface area contributed by atoms with Crippen molar-refractivity contribution in [1.82, 2.24) is 25.9 Å². The van der Waals surface area contributed by atoms with E-state index in [1.165, 1.54) is 6.92 Å². The lowest BCUT2D eigenvalue weighted by atomic mass is 10.1. The number of nitrogens with zero attached hydrogens (tertiary/aromatic N) is 3. The van der Waals surface area contributed by atoms with Gasteiger partial charge < -0.3 is 10.4 Å². The Morgan fingerprint density at radius 3 is 2.84 bits per heavy atom. The minimum absolute atomic E-state index is 0.329. The molecule has 0 aliphatic heterocycles. The van der Waals surface area contributed by atoms with E-state index in [-0.39, 0.29) is 0 Å². The van der Waals surface area contributed by atoms with Crippen molar-refractivity contribution in [3.8, 4) is 11.4 Å². The van der Waals surface area contributed by atoms with Crippen LogP contribution in [0.15, 0.2) is 24.3 Å². The zero-order chi connectivity index (χ0) is 13.8. The van der Waals surface area contributed by atoms with E-state index in [0.29, 0.717) is 17.0 Å². The molecule has 98 valence electrons. The lowest BCUT2D eigenvalue weighted by Gasteiger charge is -2.09. The molecule has 1 aromatic heterocycles. The number of carboxylic acids is 1. The third-order valence-corrected chi connectivity index (χ3v) is 2.45. The van der Waals surface area contributed by atoms with E-state index >= 15 is 0 Å². The van der Waals surface area contributed by atoms with Crippen molar-refractivity contribution >= 4 is 11.9 Å². The molecule has 0 aliphatic rings. The van der Waals surface area contributed by atoms with Gasteiger partial charge in [0.1, 0.15) is 6.04 Å². The standard InChI is InChI=1S/C11H11N5O3/c1-6(11(18)19)12-10(17)8-4-2-3-7(5-8)9-13-15-16-14-9/h2-6H,1H3,(H,12,17)(H,18,19)(H,13,14,15,16). The predicted octanol–water partition coefficient (Wildman–Crippen LogP) is 0.0696. The highest BCUT2D eigenvalue weighted by Gasteiger charge is 2.16. The number of nitrogens with one attached hydrogen (secondary N) is 2. The van der Waals surface area contributed by atoms with Crippen molar-refractivity contribution < 1.29 is 14.7 Å². The first kappa shape index (κ1) is 12.7. The van der Waals surface area contributed by atoms with E-state index in [9.17, 15) is 9.59 Å². The van der Waals surface area contributed by atoms with Crippen LogP contribution in [0, 0.1) is 0 Å². The van der Waals surface area contributed by atoms with Crippen LogP contribution in [0.1, 0.15) is 17.3 Å². The number of aromatic amines is 1. The van der Waals surface area contributed by atoms with Gasteiger partial charge in [-0.1, -0.05) is 12.1 Å². The lowest BCUT2D eigenvalue weighted by Crippen LogP contribution is -2.38. The fraction of sp³-hybridized carbons (Fsp3) is 0.182. The summed E-state index contributed by atoms with van der Waals surface area (Å²) in [4.78, 5) is 22.5. The van der Waals surface area contributed by atoms with Gasteiger partial charge in [-0.25, -0.2) is 0 Å². The van der Waals surface area contributed by atoms with E-state index in [1.807, 2.05) is 0 Å². The number of hydrogen-bond donors (Lipinski definition) is 3. The Balaban J connectivity index is 2.19. The average molecular weight is 261 g/mol. The summed E-state index contributed by atoms with van der Waals surface area (Å²) in [6.45, 7) is 1.39. The van der Waals surface area contributed by atoms with Gasteiger partial charge in [0.15, 0.2) is 0 Å². The van der Waals surface area contributed by atoms with Gasteiger partial charge in [0.2, 0.25) is 5.82 Å². The first-order valence-electron chi connectivity index (χ1n) is 5.45. The topological polar surface area (TPSA) is 121 Å². The number of aliphatic carboxylic acids is 1. The van der Waals surface area contributed by atoms with Crippen LogP contribution in [0.5, 0.6) is 0 Å². The number of carboxylic acid groups (broad SMARTS) is 1. The summed E-state index contributed by atoms with van der Waals surface area (Å²) in [5.74, 6) is -1.20. The Kier molecular flexibility index (Phi) is 3.51. The third kappa shape index (κ3) is 2.92. The molecule has 0 bridgehead atoms. The molecule has 3 N–H and O–H groups in total. The van der Waals surface area contributed by atoms with E-state index in [2.05, 4.69) is 25.9 Å². The number of rotatable bonds is 4. The Labute approximate surface area is 107 Å². The number of carbonyl (C=O) groups excluding carboxylic acids is 1. The van der Waals surface area contributed by atoms with Crippen LogP contribution in [0.3, 0.4) is 0 Å². The van der Waals surface area contributed by atoms with Crippen molar-refractivity contribution in [3.63, 3.8) is 0 Å². The number of aromatic nitrogens is 4. The molecule has 1 atom stereocenters. The maximum absolute atomic E-state index is 11.8. The second kappa shape index (κ2) is 5.25. The van der Waals surface area contributed by atoms with E-state index in [4.69, 9.17) is 5.11 Å². The second-order valence-corrected chi connectivity index (χ2v) is 3.85. The zero-order valence-electron chi connectivity index (χ0n) is 9.99. The second-order valence-electron chi connectivity index (χ2n) is 3.85. The summed E-state index contributed by atoms with van der Waals surface area (Å²) in [6.07, 6.45) is 0. The summed E-state index contributed by atoms with van der Waals surface area (Å²) in [6, 6.07) is 5.57. The molecule has 8 heteroatoms. The van der Waals surface area contributed by atoms with Crippen molar-refractivity contribution in [2.75, 3.05) is 0 Å². The molecule has 19 heavy (non-hydrogen) atoms. The monoisotopic (exact) mass is 261 g/mol. The largest absolute Gasteiger partial charge is 0.480 e. The third-order valence-electron chi connectivity index (χ3n) is 2.45. The smallest absolute Gasteiger partial charge is 0.325 e. The maximum Gasteiger partial charge on any atom is 0.325 e. The van der Waals surface area contributed by atoms with E-state index in [0.717, 1.165) is 0 Å². The van der Waals surface area contributed by atoms with Crippen molar-refractivity contribution in [2.24, 2.45) is 0 Å². The molecule has 0 radical (unpaired) electrons. The Morgan fingerprint density at radius 1 is 1.42 bits per heavy atom. The van der Waals surface area contributed by atoms with Gasteiger partial charge in [0.25, 0.3) is 5.91 Å². The van der Waals surface area contributed by atoms with Gasteiger partial charge in [-0.2, -0.15) is 5.21 Å². The fourth-order valence-corrected chi connectivity index (χ4v) is 1.43. The minimum Gasteiger partial charge on any atom is -0.480 e. The van der Waals surface area contributed by atoms with Gasteiger partial charge in [0, 0.05) is 11.1 Å². The van der Waals surface area contributed by atoms with Crippen LogP contribution < -0.4 is 5.32 Å². The highest BCUT2D eigenvalue weighted by molar-refractivity contribution is 5.97. The average Bonchev–Trinajstić information content (AvgIpc) is 2.92. The van der Waals surface area contributed by atoms with Crippen molar-refractivity contribution in [1.29, 1.82) is 0 Å². The highest BCUT2D eigenvalue weighted by atomic mass is 16.4. The van der Waals surface area contributed by atoms with Crippen LogP contribution in [-0.2, 0) is 4.79 Å². The molecule has 0 aliphatic carbocycles. The number of carbonyl (C=O) groups is 2. The molecule has 2 aromatic rings. The number of H-pyrrole nitrogens is 1. The normalized spacial score (nSPS) is 11.8. The predicted molar refractivity (Wildman–Crippen MR) is 64.2 cm³/mol. The van der Waals surface area contributed by atoms with Crippen LogP contribution in [0.25, 0.3) is 11.4 Å². The quantitative estimate of drug-likeness (QED) is 0.716. The zero-order valence-corrected chi connectivity index (χ0v) is 9.99. The molecule has 1 amide bonds. The number of tetrazole rings is 1. The van der Waals surface area contributed by atoms with Crippen LogP contribution >= 0.6 is 0 Å². The summed E-state index contributed by atoms with van der Waals surface area (Å²) in [5, 5.41) is 24.5. The van der Waals surface area contributed by atoms with Gasteiger partial charge >= 0.3 is 5.97 Å². The molecule has 8 nitrogen and oxygen atoms in total. The van der Waals surface area contributed by atoms with Crippen LogP contribution in [0.2, 0.25) is 0 Å². The van der Waals surface area contributed by atoms with Crippen molar-refractivity contribution in [2.45, 2.75) is 13.0 Å². The SMILES string of the molecule is CC(NC(=O)c1cccc(-c2nn[nH]n2)c1)C(=O)O. The number of hydrogen-bond acceptors (Lipinski definition) is 5. The molecule has 0 saturated carbocycles. The minimum atomic E-state index is -1.09. The first-order chi connectivity index (χ1) is 9.08. The maximum atomic E-state index is 11.8. The number of amides is 1. The molecular weight excluding hydrogens is 250 g/mol. The van der Waals surface area contributed by atoms with Gasteiger partial charge in [-0.05, 0) is 24.3 Å². The fourth-order valence-electron chi connectivity index (χ4n) is 1.43. The van der Waals surface area contributed by atoms with Gasteiger partial charge in [-0.15, -0.1) is 10.2 Å². The lowest BCUT2D eigenvalue weighted by molar-refractivity contribution is -0.138. The molecule has 2 rings (SSSR count). The summed E-state index contributed by atoms with van der Waals surface area (Å²) >= 11 is 0. The molecule has 0 spiro atoms. The molecule has 1 heterocycles. The number of benzene rings is 1. The summed E-state index contributed by atoms with van der Waals surface area (Å²) in [5.41, 5.74) is 0.944. The van der Waals surface area contributed by atoms with Crippen LogP contribution in [0.4, 0.5) is 0 Å². The molecule has 0 fully saturated rings. The van der Waals surface area contributed by atoms with Gasteiger partial charge in [-0.3, -0.25) is 9.59 Å².